The monoisotopic (exact) mass is 361 g/mol. The van der Waals surface area contributed by atoms with Crippen LogP contribution in [0.25, 0.3) is 0 Å². The molecule has 1 amide bonds. The fraction of sp³-hybridized carbons (Fsp3) is 0.444. The van der Waals surface area contributed by atoms with Gasteiger partial charge in [0.15, 0.2) is 0 Å². The zero-order valence-electron chi connectivity index (χ0n) is 14.5. The fourth-order valence-electron chi connectivity index (χ4n) is 2.74. The number of carbonyl (C=O) groups is 1. The van der Waals surface area contributed by atoms with Crippen LogP contribution in [-0.2, 0) is 17.0 Å². The highest BCUT2D eigenvalue weighted by molar-refractivity contribution is 7.98. The van der Waals surface area contributed by atoms with Crippen LogP contribution in [0.5, 0.6) is 11.5 Å². The van der Waals surface area contributed by atoms with Gasteiger partial charge in [0.1, 0.15) is 18.1 Å². The molecule has 0 radical (unpaired) electrons. The Labute approximate surface area is 151 Å². The molecule has 2 aromatic rings. The van der Waals surface area contributed by atoms with Gasteiger partial charge in [-0.15, -0.1) is 0 Å². The molecule has 2 N–H and O–H groups in total. The smallest absolute Gasteiger partial charge is 0.226 e. The lowest BCUT2D eigenvalue weighted by atomic mass is 9.96. The Balaban J connectivity index is 1.40. The van der Waals surface area contributed by atoms with Gasteiger partial charge in [0, 0.05) is 29.8 Å². The number of imidazole rings is 1. The summed E-state index contributed by atoms with van der Waals surface area (Å²) >= 11 is 1.76. The summed E-state index contributed by atoms with van der Waals surface area (Å²) in [6, 6.07) is 5.74. The van der Waals surface area contributed by atoms with Crippen molar-refractivity contribution in [3.8, 4) is 11.5 Å². The van der Waals surface area contributed by atoms with Gasteiger partial charge in [0.25, 0.3) is 0 Å². The van der Waals surface area contributed by atoms with Crippen molar-refractivity contribution < 1.29 is 14.3 Å². The second-order valence-electron chi connectivity index (χ2n) is 6.00. The van der Waals surface area contributed by atoms with Gasteiger partial charge in [-0.25, -0.2) is 4.98 Å². The molecular formula is C18H23N3O3S. The van der Waals surface area contributed by atoms with E-state index in [1.165, 1.54) is 0 Å². The van der Waals surface area contributed by atoms with Crippen molar-refractivity contribution in [3.63, 3.8) is 0 Å². The molecule has 1 aliphatic heterocycles. The Bertz CT molecular complexity index is 732. The van der Waals surface area contributed by atoms with Gasteiger partial charge in [0.05, 0.1) is 25.0 Å². The Kier molecular flexibility index (Phi) is 5.86. The molecule has 2 heterocycles. The van der Waals surface area contributed by atoms with Crippen LogP contribution in [0.2, 0.25) is 0 Å². The Morgan fingerprint density at radius 1 is 1.52 bits per heavy atom. The van der Waals surface area contributed by atoms with E-state index in [9.17, 15) is 4.79 Å². The van der Waals surface area contributed by atoms with Gasteiger partial charge in [-0.05, 0) is 25.0 Å². The van der Waals surface area contributed by atoms with Crippen molar-refractivity contribution in [3.05, 3.63) is 41.5 Å². The number of carbonyl (C=O) groups excluding carboxylic acids is 1. The fourth-order valence-corrected chi connectivity index (χ4v) is 3.62. The van der Waals surface area contributed by atoms with Crippen LogP contribution in [0.1, 0.15) is 17.0 Å². The average Bonchev–Trinajstić information content (AvgIpc) is 3.05. The van der Waals surface area contributed by atoms with E-state index in [-0.39, 0.29) is 11.8 Å². The third kappa shape index (κ3) is 4.48. The van der Waals surface area contributed by atoms with Crippen LogP contribution in [0.4, 0.5) is 0 Å². The number of thioether (sulfide) groups is 1. The molecule has 0 bridgehead atoms. The second kappa shape index (κ2) is 8.29. The van der Waals surface area contributed by atoms with Gasteiger partial charge in [-0.1, -0.05) is 6.07 Å². The van der Waals surface area contributed by atoms with Gasteiger partial charge in [-0.3, -0.25) is 4.79 Å². The lowest BCUT2D eigenvalue weighted by Crippen LogP contribution is -2.38. The van der Waals surface area contributed by atoms with Crippen LogP contribution >= 0.6 is 11.8 Å². The maximum atomic E-state index is 12.3. The molecule has 0 fully saturated rings. The quantitative estimate of drug-likeness (QED) is 0.740. The number of amides is 1. The Morgan fingerprint density at radius 2 is 2.40 bits per heavy atom. The second-order valence-corrected chi connectivity index (χ2v) is 7.11. The number of nitrogens with zero attached hydrogens (tertiary/aromatic N) is 1. The highest BCUT2D eigenvalue weighted by Gasteiger charge is 2.26. The van der Waals surface area contributed by atoms with E-state index in [0.29, 0.717) is 19.6 Å². The summed E-state index contributed by atoms with van der Waals surface area (Å²) in [6.45, 7) is 3.08. The largest absolute Gasteiger partial charge is 0.497 e. The summed E-state index contributed by atoms with van der Waals surface area (Å²) in [5, 5.41) is 3.01. The third-order valence-electron chi connectivity index (χ3n) is 4.27. The molecular weight excluding hydrogens is 338 g/mol. The number of hydrogen-bond acceptors (Lipinski definition) is 5. The normalized spacial score (nSPS) is 16.0. The van der Waals surface area contributed by atoms with Crippen molar-refractivity contribution in [1.29, 1.82) is 0 Å². The zero-order chi connectivity index (χ0) is 17.6. The summed E-state index contributed by atoms with van der Waals surface area (Å²) in [4.78, 5) is 19.7. The first kappa shape index (κ1) is 17.7. The van der Waals surface area contributed by atoms with E-state index < -0.39 is 0 Å². The number of aryl methyl sites for hydroxylation is 1. The lowest BCUT2D eigenvalue weighted by molar-refractivity contribution is -0.126. The van der Waals surface area contributed by atoms with Crippen molar-refractivity contribution in [2.75, 3.05) is 26.0 Å². The minimum absolute atomic E-state index is 0.0537. The maximum absolute atomic E-state index is 12.3. The standard InChI is InChI=1S/C18H23N3O3S/c1-12-16(21-11-20-12)10-25-6-5-19-18(22)14-7-13-3-4-15(23-2)8-17(13)24-9-14/h3-4,8,11,14H,5-7,9-10H2,1-2H3,(H,19,22)(H,20,21)/t14-/m0/s1. The zero-order valence-corrected chi connectivity index (χ0v) is 15.3. The van der Waals surface area contributed by atoms with Gasteiger partial charge in [0.2, 0.25) is 5.91 Å². The predicted octanol–water partition coefficient (Wildman–Crippen LogP) is 2.33. The first-order valence-corrected chi connectivity index (χ1v) is 9.47. The summed E-state index contributed by atoms with van der Waals surface area (Å²) < 4.78 is 10.9. The number of nitrogens with one attached hydrogen (secondary N) is 2. The van der Waals surface area contributed by atoms with E-state index in [1.54, 1.807) is 25.2 Å². The minimum Gasteiger partial charge on any atom is -0.497 e. The van der Waals surface area contributed by atoms with E-state index in [0.717, 1.165) is 40.0 Å². The third-order valence-corrected chi connectivity index (χ3v) is 5.24. The minimum atomic E-state index is -0.139. The SMILES string of the molecule is COc1ccc2c(c1)OC[C@@H](C(=O)NCCSCc1nc[nH]c1C)C2. The van der Waals surface area contributed by atoms with Gasteiger partial charge < -0.3 is 19.8 Å². The molecule has 3 rings (SSSR count). The Hall–Kier alpha value is -2.15. The maximum Gasteiger partial charge on any atom is 0.226 e. The van der Waals surface area contributed by atoms with E-state index >= 15 is 0 Å². The van der Waals surface area contributed by atoms with Crippen LogP contribution in [0, 0.1) is 12.8 Å². The molecule has 0 unspecified atom stereocenters. The molecule has 0 aliphatic carbocycles. The number of aromatic nitrogens is 2. The molecule has 0 saturated heterocycles. The first-order valence-electron chi connectivity index (χ1n) is 8.31. The number of hydrogen-bond donors (Lipinski definition) is 2. The summed E-state index contributed by atoms with van der Waals surface area (Å²) in [6.07, 6.45) is 2.41. The van der Waals surface area contributed by atoms with Crippen LogP contribution in [-0.4, -0.2) is 41.9 Å². The number of aromatic amines is 1. The van der Waals surface area contributed by atoms with Crippen LogP contribution < -0.4 is 14.8 Å². The molecule has 25 heavy (non-hydrogen) atoms. The average molecular weight is 361 g/mol. The number of H-pyrrole nitrogens is 1. The van der Waals surface area contributed by atoms with Crippen molar-refractivity contribution >= 4 is 17.7 Å². The van der Waals surface area contributed by atoms with Crippen molar-refractivity contribution in [1.82, 2.24) is 15.3 Å². The molecule has 7 heteroatoms. The molecule has 1 aliphatic rings. The number of benzene rings is 1. The molecule has 134 valence electrons. The molecule has 1 atom stereocenters. The number of ether oxygens (including phenoxy) is 2. The van der Waals surface area contributed by atoms with Crippen LogP contribution in [0.3, 0.4) is 0 Å². The van der Waals surface area contributed by atoms with Crippen LogP contribution in [0.15, 0.2) is 24.5 Å². The highest BCUT2D eigenvalue weighted by Crippen LogP contribution is 2.31. The molecule has 1 aromatic carbocycles. The summed E-state index contributed by atoms with van der Waals surface area (Å²) in [5.41, 5.74) is 3.23. The molecule has 0 spiro atoms. The van der Waals surface area contributed by atoms with Gasteiger partial charge >= 0.3 is 0 Å². The Morgan fingerprint density at radius 3 is 3.16 bits per heavy atom. The van der Waals surface area contributed by atoms with E-state index in [1.807, 2.05) is 25.1 Å². The van der Waals surface area contributed by atoms with Gasteiger partial charge in [-0.2, -0.15) is 11.8 Å². The number of fused-ring (bicyclic) bond motifs is 1. The summed E-state index contributed by atoms with van der Waals surface area (Å²) in [5.74, 6) is 3.21. The van der Waals surface area contributed by atoms with E-state index in [2.05, 4.69) is 15.3 Å². The van der Waals surface area contributed by atoms with Crippen molar-refractivity contribution in [2.45, 2.75) is 19.1 Å². The number of rotatable bonds is 7. The highest BCUT2D eigenvalue weighted by atomic mass is 32.2. The number of methoxy groups -OCH3 is 1. The summed E-state index contributed by atoms with van der Waals surface area (Å²) in [7, 11) is 1.63. The van der Waals surface area contributed by atoms with Crippen molar-refractivity contribution in [2.24, 2.45) is 5.92 Å². The predicted molar refractivity (Wildman–Crippen MR) is 98.2 cm³/mol. The first-order chi connectivity index (χ1) is 12.2. The lowest BCUT2D eigenvalue weighted by Gasteiger charge is -2.25. The molecule has 0 saturated carbocycles. The van der Waals surface area contributed by atoms with E-state index in [4.69, 9.17) is 9.47 Å². The molecule has 1 aromatic heterocycles. The molecule has 6 nitrogen and oxygen atoms in total. The topological polar surface area (TPSA) is 76.2 Å².